The Morgan fingerprint density at radius 2 is 1.79 bits per heavy atom. The molecule has 0 radical (unpaired) electrons. The number of hydrogen-bond acceptors (Lipinski definition) is 4. The normalized spacial score (nSPS) is 10.4. The number of rotatable bonds is 5. The highest BCUT2D eigenvalue weighted by atomic mass is 16.5. The molecule has 0 saturated heterocycles. The predicted molar refractivity (Wildman–Crippen MR) is 49.4 cm³/mol. The molecule has 0 spiro atoms. The molecular weight excluding hydrogens is 188 g/mol. The van der Waals surface area contributed by atoms with Gasteiger partial charge in [0, 0.05) is 0 Å². The smallest absolute Gasteiger partial charge is 0.404 e. The molecule has 6 heteroatoms. The lowest BCUT2D eigenvalue weighted by Gasteiger charge is -2.02. The molecule has 0 aliphatic heterocycles. The van der Waals surface area contributed by atoms with Gasteiger partial charge < -0.3 is 20.9 Å². The molecule has 0 rings (SSSR count). The van der Waals surface area contributed by atoms with E-state index >= 15 is 0 Å². The van der Waals surface area contributed by atoms with Gasteiger partial charge in [-0.1, -0.05) is 12.7 Å². The molecule has 0 saturated carbocycles. The molecule has 0 aromatic carbocycles. The summed E-state index contributed by atoms with van der Waals surface area (Å²) in [5, 5.41) is 0. The first-order valence-corrected chi connectivity index (χ1v) is 3.72. The van der Waals surface area contributed by atoms with Crippen molar-refractivity contribution in [2.75, 3.05) is 13.2 Å². The van der Waals surface area contributed by atoms with Gasteiger partial charge in [0.15, 0.2) is 0 Å². The summed E-state index contributed by atoms with van der Waals surface area (Å²) in [5.74, 6) is 0. The van der Waals surface area contributed by atoms with E-state index in [1.807, 2.05) is 0 Å². The van der Waals surface area contributed by atoms with Crippen LogP contribution in [-0.4, -0.2) is 25.4 Å². The minimum absolute atomic E-state index is 0.00118. The number of carbonyl (C=O) groups is 2. The summed E-state index contributed by atoms with van der Waals surface area (Å²) >= 11 is 0. The highest BCUT2D eigenvalue weighted by Crippen LogP contribution is 1.96. The lowest BCUT2D eigenvalue weighted by Crippen LogP contribution is -2.15. The second kappa shape index (κ2) is 6.53. The number of nitrogens with two attached hydrogens (primary N) is 2. The van der Waals surface area contributed by atoms with Crippen molar-refractivity contribution in [2.45, 2.75) is 0 Å². The first-order chi connectivity index (χ1) is 6.56. The summed E-state index contributed by atoms with van der Waals surface area (Å²) in [5.41, 5.74) is 10.0. The summed E-state index contributed by atoms with van der Waals surface area (Å²) < 4.78 is 8.90. The second-order valence-electron chi connectivity index (χ2n) is 2.22. The Kier molecular flexibility index (Phi) is 5.60. The number of primary amides is 2. The van der Waals surface area contributed by atoms with Gasteiger partial charge in [-0.25, -0.2) is 9.59 Å². The number of carbonyl (C=O) groups excluding carboxylic acids is 2. The van der Waals surface area contributed by atoms with Gasteiger partial charge >= 0.3 is 12.2 Å². The Hall–Kier alpha value is -1.98. The lowest BCUT2D eigenvalue weighted by molar-refractivity contribution is 0.163. The summed E-state index contributed by atoms with van der Waals surface area (Å²) in [6.45, 7) is 3.45. The molecule has 0 bridgehead atoms. The number of hydrogen-bond donors (Lipinski definition) is 2. The monoisotopic (exact) mass is 200 g/mol. The molecule has 14 heavy (non-hydrogen) atoms. The zero-order valence-electron chi connectivity index (χ0n) is 7.56. The Morgan fingerprint density at radius 1 is 1.21 bits per heavy atom. The van der Waals surface area contributed by atoms with E-state index in [4.69, 9.17) is 11.5 Å². The lowest BCUT2D eigenvalue weighted by atomic mass is 10.3. The van der Waals surface area contributed by atoms with Crippen LogP contribution in [0.3, 0.4) is 0 Å². The fourth-order valence-electron chi connectivity index (χ4n) is 0.586. The molecule has 4 N–H and O–H groups in total. The molecule has 0 unspecified atom stereocenters. The van der Waals surface area contributed by atoms with Crippen molar-refractivity contribution < 1.29 is 19.1 Å². The highest BCUT2D eigenvalue weighted by Gasteiger charge is 1.97. The molecule has 78 valence electrons. The van der Waals surface area contributed by atoms with Crippen molar-refractivity contribution in [3.8, 4) is 0 Å². The molecule has 6 nitrogen and oxygen atoms in total. The zero-order chi connectivity index (χ0) is 11.0. The fraction of sp³-hybridized carbons (Fsp3) is 0.250. The van der Waals surface area contributed by atoms with Crippen LogP contribution in [0, 0.1) is 0 Å². The summed E-state index contributed by atoms with van der Waals surface area (Å²) in [6.07, 6.45) is 1.20. The molecule has 0 aromatic heterocycles. The van der Waals surface area contributed by atoms with Crippen LogP contribution in [0.15, 0.2) is 24.3 Å². The van der Waals surface area contributed by atoms with Crippen LogP contribution >= 0.6 is 0 Å². The minimum atomic E-state index is -0.881. The Bertz CT molecular complexity index is 260. The molecule has 0 aliphatic rings. The van der Waals surface area contributed by atoms with Gasteiger partial charge in [-0.05, 0) is 11.6 Å². The molecule has 0 fully saturated rings. The maximum Gasteiger partial charge on any atom is 0.404 e. The Balaban J connectivity index is 3.92. The first kappa shape index (κ1) is 12.0. The topological polar surface area (TPSA) is 105 Å². The minimum Gasteiger partial charge on any atom is -0.445 e. The average molecular weight is 200 g/mol. The quantitative estimate of drug-likeness (QED) is 0.622. The van der Waals surface area contributed by atoms with E-state index in [0.717, 1.165) is 0 Å². The zero-order valence-corrected chi connectivity index (χ0v) is 7.56. The van der Waals surface area contributed by atoms with E-state index in [9.17, 15) is 9.59 Å². The maximum absolute atomic E-state index is 10.2. The summed E-state index contributed by atoms with van der Waals surface area (Å²) in [7, 11) is 0. The van der Waals surface area contributed by atoms with Gasteiger partial charge in [-0.15, -0.1) is 0 Å². The van der Waals surface area contributed by atoms with Crippen LogP contribution < -0.4 is 11.5 Å². The van der Waals surface area contributed by atoms with Crippen molar-refractivity contribution in [1.29, 1.82) is 0 Å². The van der Waals surface area contributed by atoms with Gasteiger partial charge in [-0.2, -0.15) is 0 Å². The van der Waals surface area contributed by atoms with Crippen molar-refractivity contribution in [3.63, 3.8) is 0 Å². The van der Waals surface area contributed by atoms with Gasteiger partial charge in [0.1, 0.15) is 13.2 Å². The van der Waals surface area contributed by atoms with E-state index in [0.29, 0.717) is 5.57 Å². The van der Waals surface area contributed by atoms with Crippen molar-refractivity contribution >= 4 is 12.2 Å². The number of ether oxygens (including phenoxy) is 2. The van der Waals surface area contributed by atoms with Crippen LogP contribution in [0.4, 0.5) is 9.59 Å². The van der Waals surface area contributed by atoms with Gasteiger partial charge in [0.05, 0.1) is 0 Å². The van der Waals surface area contributed by atoms with E-state index < -0.39 is 12.2 Å². The standard InChI is InChI=1S/C8H12N2O4/c1-2-6(5-14-8(10)12)3-4-13-7(9)11/h2-3H,1,4-5H2,(H2,9,11)(H2,10,12). The molecular formula is C8H12N2O4. The van der Waals surface area contributed by atoms with Crippen molar-refractivity contribution in [3.05, 3.63) is 24.3 Å². The van der Waals surface area contributed by atoms with Crippen molar-refractivity contribution in [1.82, 2.24) is 0 Å². The van der Waals surface area contributed by atoms with E-state index in [1.165, 1.54) is 12.2 Å². The Morgan fingerprint density at radius 3 is 2.21 bits per heavy atom. The third-order valence-electron chi connectivity index (χ3n) is 1.21. The number of amides is 2. The largest absolute Gasteiger partial charge is 0.445 e. The molecule has 0 atom stereocenters. The van der Waals surface area contributed by atoms with Crippen LogP contribution in [0.25, 0.3) is 0 Å². The van der Waals surface area contributed by atoms with Crippen LogP contribution in [0.2, 0.25) is 0 Å². The fourth-order valence-corrected chi connectivity index (χ4v) is 0.586. The third-order valence-corrected chi connectivity index (χ3v) is 1.21. The molecule has 0 aliphatic carbocycles. The molecule has 0 heterocycles. The van der Waals surface area contributed by atoms with Gasteiger partial charge in [0.25, 0.3) is 0 Å². The molecule has 2 amide bonds. The van der Waals surface area contributed by atoms with Crippen LogP contribution in [-0.2, 0) is 9.47 Å². The first-order valence-electron chi connectivity index (χ1n) is 3.72. The third kappa shape index (κ3) is 6.71. The summed E-state index contributed by atoms with van der Waals surface area (Å²) in [4.78, 5) is 20.4. The van der Waals surface area contributed by atoms with Gasteiger partial charge in [0.2, 0.25) is 0 Å². The predicted octanol–water partition coefficient (Wildman–Crippen LogP) is 0.289. The van der Waals surface area contributed by atoms with E-state index in [-0.39, 0.29) is 13.2 Å². The SMILES string of the molecule is C=CC(=CCOC(N)=O)COC(N)=O. The van der Waals surface area contributed by atoms with Crippen LogP contribution in [0.1, 0.15) is 0 Å². The average Bonchev–Trinajstić information content (AvgIpc) is 2.10. The summed E-state index contributed by atoms with van der Waals surface area (Å²) in [6, 6.07) is 0. The van der Waals surface area contributed by atoms with Crippen molar-refractivity contribution in [2.24, 2.45) is 11.5 Å². The maximum atomic E-state index is 10.2. The Labute approximate surface area is 81.1 Å². The van der Waals surface area contributed by atoms with Gasteiger partial charge in [-0.3, -0.25) is 0 Å². The molecule has 0 aromatic rings. The van der Waals surface area contributed by atoms with E-state index in [1.54, 1.807) is 0 Å². The van der Waals surface area contributed by atoms with E-state index in [2.05, 4.69) is 16.1 Å². The highest BCUT2D eigenvalue weighted by molar-refractivity contribution is 5.65. The second-order valence-corrected chi connectivity index (χ2v) is 2.22. The van der Waals surface area contributed by atoms with Crippen LogP contribution in [0.5, 0.6) is 0 Å².